The van der Waals surface area contributed by atoms with Crippen molar-refractivity contribution in [3.8, 4) is 0 Å². The maximum Gasteiger partial charge on any atom is 0.410 e. The molecule has 2 amide bonds. The van der Waals surface area contributed by atoms with Crippen molar-refractivity contribution < 1.29 is 73.6 Å². The summed E-state index contributed by atoms with van der Waals surface area (Å²) in [5.74, 6) is -2.07. The van der Waals surface area contributed by atoms with Crippen molar-refractivity contribution in [2.75, 3.05) is 76.5 Å². The zero-order valence-corrected chi connectivity index (χ0v) is 49.6. The van der Waals surface area contributed by atoms with Gasteiger partial charge in [-0.3, -0.25) is 9.80 Å². The third-order valence-corrected chi connectivity index (χ3v) is 14.1. The fourth-order valence-electron chi connectivity index (χ4n) is 8.99. The molecule has 19 nitrogen and oxygen atoms in total. The number of amides is 2. The molecular weight excluding hydrogens is 1060 g/mol. The monoisotopic (exact) mass is 1150 g/mol. The lowest BCUT2D eigenvalue weighted by atomic mass is 10.1. The highest BCUT2D eigenvalue weighted by atomic mass is 16.6. The number of rotatable bonds is 21. The maximum atomic E-state index is 13.6. The van der Waals surface area contributed by atoms with Gasteiger partial charge in [0.1, 0.15) is 36.5 Å². The quantitative estimate of drug-likeness (QED) is 0.0586. The lowest BCUT2D eigenvalue weighted by Crippen LogP contribution is -2.47. The molecule has 0 unspecified atom stereocenters. The number of nitrogens with zero attached hydrogens (tertiary/aromatic N) is 4. The lowest BCUT2D eigenvalue weighted by molar-refractivity contribution is -0.171. The molecule has 2 saturated heterocycles. The Kier molecular flexibility index (Phi) is 24.6. The van der Waals surface area contributed by atoms with Gasteiger partial charge >= 0.3 is 36.1 Å². The van der Waals surface area contributed by atoms with Crippen LogP contribution < -0.4 is 9.80 Å². The van der Waals surface area contributed by atoms with Gasteiger partial charge in [-0.05, 0) is 113 Å². The molecule has 4 atom stereocenters. The van der Waals surface area contributed by atoms with Gasteiger partial charge < -0.3 is 53.2 Å². The summed E-state index contributed by atoms with van der Waals surface area (Å²) in [6.45, 7) is 17.1. The van der Waals surface area contributed by atoms with Crippen molar-refractivity contribution in [1.29, 1.82) is 0 Å². The molecule has 4 aromatic rings. The number of esters is 3. The van der Waals surface area contributed by atoms with Crippen molar-refractivity contribution in [1.82, 2.24) is 9.80 Å². The number of aliphatic carboxylic acids is 1. The van der Waals surface area contributed by atoms with Crippen LogP contribution in [-0.2, 0) is 78.4 Å². The predicted octanol–water partition coefficient (Wildman–Crippen LogP) is 9.28. The number of benzene rings is 4. The minimum Gasteiger partial charge on any atom is -0.480 e. The lowest BCUT2D eigenvalue weighted by Gasteiger charge is -2.30. The molecule has 2 aliphatic heterocycles. The minimum atomic E-state index is -1.17. The molecule has 8 rings (SSSR count). The topological polar surface area (TPSA) is 220 Å². The molecule has 2 saturated carbocycles. The Bertz CT molecular complexity index is 2670. The molecule has 4 fully saturated rings. The van der Waals surface area contributed by atoms with Gasteiger partial charge in [0.15, 0.2) is 6.10 Å². The summed E-state index contributed by atoms with van der Waals surface area (Å²) in [5, 5.41) is 19.2. The SMILES string of the molecule is CN(C(=O)OC(C)(C)C)[C@@H](CC1CC1)C(=O)O.CN(C(=O)OC(C)(C)C)[C@@H](CC1CC1)C(=O)O[C@H](Cc1ccc(N2CCOCC2)cc1)C(=O)OCc1ccccc1.O=C(OCc1ccccc1)[C@H](O)Cc1ccc(N2CCOCC2)cc1.[2HH]. The van der Waals surface area contributed by atoms with E-state index < -0.39 is 71.6 Å². The summed E-state index contributed by atoms with van der Waals surface area (Å²) in [5.41, 5.74) is 4.35. The van der Waals surface area contributed by atoms with Gasteiger partial charge in [0.05, 0.1) is 26.4 Å². The van der Waals surface area contributed by atoms with Gasteiger partial charge in [-0.15, -0.1) is 0 Å². The first-order chi connectivity index (χ1) is 39.5. The van der Waals surface area contributed by atoms with E-state index in [2.05, 4.69) is 9.80 Å². The first kappa shape index (κ1) is 64.9. The number of morpholine rings is 2. The number of ether oxygens (including phenoxy) is 7. The van der Waals surface area contributed by atoms with Gasteiger partial charge in [-0.1, -0.05) is 111 Å². The van der Waals surface area contributed by atoms with E-state index in [0.29, 0.717) is 37.9 Å². The summed E-state index contributed by atoms with van der Waals surface area (Å²) in [4.78, 5) is 81.5. The number of carboxylic acids is 1. The fraction of sp³-hybridized carbons (Fsp3) is 0.531. The van der Waals surface area contributed by atoms with Gasteiger partial charge in [0, 0.05) is 65.9 Å². The highest BCUT2D eigenvalue weighted by Crippen LogP contribution is 2.36. The molecule has 0 radical (unpaired) electrons. The number of hydrogen-bond acceptors (Lipinski definition) is 16. The Labute approximate surface area is 490 Å². The van der Waals surface area contributed by atoms with Crippen LogP contribution >= 0.6 is 0 Å². The second-order valence-corrected chi connectivity index (χ2v) is 23.5. The Morgan fingerprint density at radius 1 is 0.542 bits per heavy atom. The van der Waals surface area contributed by atoms with E-state index in [9.17, 15) is 33.9 Å². The van der Waals surface area contributed by atoms with Crippen LogP contribution in [0.3, 0.4) is 0 Å². The average molecular weight is 1150 g/mol. The van der Waals surface area contributed by atoms with Gasteiger partial charge in [-0.2, -0.15) is 0 Å². The fourth-order valence-corrected chi connectivity index (χ4v) is 8.99. The first-order valence-corrected chi connectivity index (χ1v) is 28.8. The molecular formula is C64H88N4O15. The summed E-state index contributed by atoms with van der Waals surface area (Å²) >= 11 is 0. The maximum absolute atomic E-state index is 13.6. The second kappa shape index (κ2) is 31.4. The molecule has 19 heteroatoms. The number of aliphatic hydroxyl groups excluding tert-OH is 1. The third kappa shape index (κ3) is 23.2. The van der Waals surface area contributed by atoms with Crippen LogP contribution in [0.25, 0.3) is 0 Å². The standard InChI is InChI=1S/C32H42N2O7.C20H23NO4.C12H21NO4.H2/c1-32(2,3)41-31(37)33(4)27(20-23-10-11-23)29(35)40-28(30(36)39-22-25-8-6-5-7-9-25)21-24-12-14-26(15-13-24)34-16-18-38-19-17-34;22-19(20(23)25-15-17-4-2-1-3-5-17)14-16-6-8-18(9-7-16)21-10-12-24-13-11-21;1-12(2,3)17-11(16)13(4)9(10(14)15)7-8-5-6-8;/h5-9,12-15,23,27-28H,10-11,16-22H2,1-4H3;1-9,19,22H,10-15H2;8-9H,5-7H2,1-4H3,(H,14,15);1H/t27-,28+;19-;9-;/m010./s1/i;;;1+1. The van der Waals surface area contributed by atoms with Crippen LogP contribution in [0.4, 0.5) is 21.0 Å². The average Bonchev–Trinajstić information content (AvgIpc) is 4.56. The summed E-state index contributed by atoms with van der Waals surface area (Å²) in [6, 6.07) is 32.9. The Morgan fingerprint density at radius 3 is 1.33 bits per heavy atom. The molecule has 2 aliphatic carbocycles. The highest BCUT2D eigenvalue weighted by molar-refractivity contribution is 5.85. The van der Waals surface area contributed by atoms with Crippen molar-refractivity contribution in [3.05, 3.63) is 131 Å². The van der Waals surface area contributed by atoms with Crippen molar-refractivity contribution in [2.24, 2.45) is 11.8 Å². The molecule has 0 bridgehead atoms. The molecule has 4 aliphatic rings. The number of hydrogen-bond donors (Lipinski definition) is 2. The summed E-state index contributed by atoms with van der Waals surface area (Å²) < 4.78 is 38.1. The highest BCUT2D eigenvalue weighted by Gasteiger charge is 2.39. The molecule has 4 aromatic carbocycles. The van der Waals surface area contributed by atoms with E-state index in [1.807, 2.05) is 109 Å². The molecule has 0 spiro atoms. The van der Waals surface area contributed by atoms with Crippen LogP contribution in [0.5, 0.6) is 0 Å². The molecule has 454 valence electrons. The van der Waals surface area contributed by atoms with Gasteiger partial charge in [-0.25, -0.2) is 28.8 Å². The van der Waals surface area contributed by atoms with Crippen LogP contribution in [0.1, 0.15) is 104 Å². The van der Waals surface area contributed by atoms with Crippen LogP contribution in [-0.4, -0.2) is 158 Å². The number of likely N-dealkylation sites (N-methyl/N-ethyl adjacent to an activating group) is 2. The summed E-state index contributed by atoms with van der Waals surface area (Å²) in [6.07, 6.45) is 1.96. The van der Waals surface area contributed by atoms with Crippen molar-refractivity contribution in [3.63, 3.8) is 0 Å². The number of carbonyl (C=O) groups excluding carboxylic acids is 5. The largest absolute Gasteiger partial charge is 0.480 e. The zero-order chi connectivity index (χ0) is 60.1. The second-order valence-electron chi connectivity index (χ2n) is 23.5. The van der Waals surface area contributed by atoms with E-state index in [0.717, 1.165) is 98.7 Å². The molecule has 0 aromatic heterocycles. The van der Waals surface area contributed by atoms with E-state index in [4.69, 9.17) is 38.3 Å². The number of aliphatic hydroxyl groups is 1. The molecule has 2 N–H and O–H groups in total. The van der Waals surface area contributed by atoms with E-state index in [1.165, 1.54) is 23.9 Å². The predicted molar refractivity (Wildman–Crippen MR) is 315 cm³/mol. The summed E-state index contributed by atoms with van der Waals surface area (Å²) in [7, 11) is 3.02. The third-order valence-electron chi connectivity index (χ3n) is 14.1. The van der Waals surface area contributed by atoms with Crippen LogP contribution in [0.2, 0.25) is 0 Å². The number of anilines is 2. The van der Waals surface area contributed by atoms with E-state index >= 15 is 0 Å². The van der Waals surface area contributed by atoms with Crippen molar-refractivity contribution in [2.45, 2.75) is 142 Å². The zero-order valence-electron chi connectivity index (χ0n) is 49.6. The van der Waals surface area contributed by atoms with E-state index in [1.54, 1.807) is 41.5 Å². The Morgan fingerprint density at radius 2 is 0.928 bits per heavy atom. The number of carbonyl (C=O) groups is 6. The Hall–Kier alpha value is -7.22. The van der Waals surface area contributed by atoms with Gasteiger partial charge in [0.2, 0.25) is 6.10 Å². The smallest absolute Gasteiger partial charge is 0.410 e. The van der Waals surface area contributed by atoms with Crippen molar-refractivity contribution >= 4 is 47.4 Å². The van der Waals surface area contributed by atoms with Crippen LogP contribution in [0, 0.1) is 11.8 Å². The first-order valence-electron chi connectivity index (χ1n) is 28.8. The number of carboxylic acid groups (broad SMARTS) is 1. The Balaban J connectivity index is 0.000000254. The molecule has 83 heavy (non-hydrogen) atoms. The van der Waals surface area contributed by atoms with Gasteiger partial charge in [0.25, 0.3) is 0 Å². The molecule has 2 heterocycles. The normalized spacial score (nSPS) is 16.6. The minimum absolute atomic E-state index is 0. The van der Waals surface area contributed by atoms with Crippen LogP contribution in [0.15, 0.2) is 109 Å². The van der Waals surface area contributed by atoms with E-state index in [-0.39, 0.29) is 27.5 Å².